The fourth-order valence-electron chi connectivity index (χ4n) is 4.31. The molecule has 3 heteroatoms. The zero-order valence-electron chi connectivity index (χ0n) is 17.1. The van der Waals surface area contributed by atoms with Crippen molar-refractivity contribution in [3.8, 4) is 22.6 Å². The smallest absolute Gasteiger partial charge is 0.124 e. The maximum Gasteiger partial charge on any atom is 0.124 e. The molecule has 0 aliphatic carbocycles. The van der Waals surface area contributed by atoms with E-state index in [2.05, 4.69) is 0 Å². The average Bonchev–Trinajstić information content (AvgIpc) is 2.83. The Kier molecular flexibility index (Phi) is 4.81. The van der Waals surface area contributed by atoms with E-state index in [1.165, 1.54) is 0 Å². The Morgan fingerprint density at radius 2 is 1.32 bits per heavy atom. The number of methoxy groups -OCH3 is 1. The molecule has 5 rings (SSSR count). The monoisotopic (exact) mass is 406 g/mol. The molecule has 0 aliphatic rings. The molecular weight excluding hydrogens is 384 g/mol. The molecule has 0 spiro atoms. The quantitative estimate of drug-likeness (QED) is 0.360. The van der Waals surface area contributed by atoms with Crippen LogP contribution in [-0.4, -0.2) is 17.3 Å². The largest absolute Gasteiger partial charge is 0.507 e. The van der Waals surface area contributed by atoms with Crippen LogP contribution in [0.25, 0.3) is 32.7 Å². The van der Waals surface area contributed by atoms with E-state index in [4.69, 9.17) is 4.74 Å². The number of benzene rings is 5. The summed E-state index contributed by atoms with van der Waals surface area (Å²) in [4.78, 5) is 0. The van der Waals surface area contributed by atoms with Gasteiger partial charge in [-0.2, -0.15) is 0 Å². The molecule has 5 aromatic rings. The van der Waals surface area contributed by atoms with Gasteiger partial charge >= 0.3 is 0 Å². The molecule has 0 fully saturated rings. The number of phenolic OH excluding ortho intramolecular Hbond substituents is 1. The van der Waals surface area contributed by atoms with Crippen molar-refractivity contribution in [1.82, 2.24) is 0 Å². The molecule has 5 aromatic carbocycles. The van der Waals surface area contributed by atoms with Gasteiger partial charge in [-0.25, -0.2) is 0 Å². The molecule has 0 heterocycles. The lowest BCUT2D eigenvalue weighted by molar-refractivity contribution is 0.220. The molecule has 0 saturated carbocycles. The van der Waals surface area contributed by atoms with Crippen LogP contribution in [0.5, 0.6) is 11.5 Å². The molecule has 0 amide bonds. The van der Waals surface area contributed by atoms with Crippen LogP contribution in [0.4, 0.5) is 0 Å². The van der Waals surface area contributed by atoms with Gasteiger partial charge < -0.3 is 14.9 Å². The Balaban J connectivity index is 1.85. The van der Waals surface area contributed by atoms with Gasteiger partial charge in [-0.3, -0.25) is 0 Å². The lowest BCUT2D eigenvalue weighted by atomic mass is 9.86. The first kappa shape index (κ1) is 19.2. The van der Waals surface area contributed by atoms with Crippen molar-refractivity contribution >= 4 is 21.5 Å². The Hall–Kier alpha value is -3.82. The standard InChI is InChI=1S/C28H22O3/c1-31-21-10-6-9-20(17-21)28(30)24-15-13-18-7-2-4-11-22(18)26(24)27-23-12-5-3-8-19(23)14-16-25(27)29/h2-17,28-30H,1H3. The Labute approximate surface area is 180 Å². The Bertz CT molecular complexity index is 1400. The number of hydrogen-bond acceptors (Lipinski definition) is 3. The topological polar surface area (TPSA) is 49.7 Å². The first-order valence-corrected chi connectivity index (χ1v) is 10.2. The minimum atomic E-state index is -0.881. The minimum absolute atomic E-state index is 0.189. The molecule has 31 heavy (non-hydrogen) atoms. The lowest BCUT2D eigenvalue weighted by Gasteiger charge is -2.21. The molecule has 1 atom stereocenters. The van der Waals surface area contributed by atoms with E-state index in [9.17, 15) is 10.2 Å². The fourth-order valence-corrected chi connectivity index (χ4v) is 4.31. The number of aliphatic hydroxyl groups is 1. The highest BCUT2D eigenvalue weighted by Crippen LogP contribution is 2.44. The van der Waals surface area contributed by atoms with Crippen LogP contribution in [-0.2, 0) is 0 Å². The highest BCUT2D eigenvalue weighted by Gasteiger charge is 2.22. The Morgan fingerprint density at radius 1 is 0.677 bits per heavy atom. The molecule has 0 radical (unpaired) electrons. The first-order chi connectivity index (χ1) is 15.2. The number of rotatable bonds is 4. The van der Waals surface area contributed by atoms with Gasteiger partial charge in [0.15, 0.2) is 0 Å². The summed E-state index contributed by atoms with van der Waals surface area (Å²) in [5.41, 5.74) is 3.03. The molecule has 0 saturated heterocycles. The number of ether oxygens (including phenoxy) is 1. The average molecular weight is 406 g/mol. The molecule has 0 aliphatic heterocycles. The third-order valence-electron chi connectivity index (χ3n) is 5.82. The zero-order valence-corrected chi connectivity index (χ0v) is 17.1. The van der Waals surface area contributed by atoms with Crippen LogP contribution in [0.2, 0.25) is 0 Å². The van der Waals surface area contributed by atoms with Gasteiger partial charge in [-0.15, -0.1) is 0 Å². The van der Waals surface area contributed by atoms with Crippen molar-refractivity contribution in [1.29, 1.82) is 0 Å². The van der Waals surface area contributed by atoms with Crippen LogP contribution in [0, 0.1) is 0 Å². The van der Waals surface area contributed by atoms with Gasteiger partial charge in [0, 0.05) is 5.56 Å². The second-order valence-corrected chi connectivity index (χ2v) is 7.61. The summed E-state index contributed by atoms with van der Waals surface area (Å²) in [6.07, 6.45) is -0.881. The van der Waals surface area contributed by atoms with Gasteiger partial charge in [-0.05, 0) is 56.4 Å². The van der Waals surface area contributed by atoms with E-state index >= 15 is 0 Å². The summed E-state index contributed by atoms with van der Waals surface area (Å²) in [7, 11) is 1.61. The molecule has 1 unspecified atom stereocenters. The highest BCUT2D eigenvalue weighted by atomic mass is 16.5. The second-order valence-electron chi connectivity index (χ2n) is 7.61. The molecular formula is C28H22O3. The predicted molar refractivity (Wildman–Crippen MR) is 126 cm³/mol. The van der Waals surface area contributed by atoms with Crippen LogP contribution in [0.3, 0.4) is 0 Å². The van der Waals surface area contributed by atoms with Crippen molar-refractivity contribution in [3.05, 3.63) is 108 Å². The van der Waals surface area contributed by atoms with Gasteiger partial charge in [0.2, 0.25) is 0 Å². The van der Waals surface area contributed by atoms with Gasteiger partial charge in [0.1, 0.15) is 17.6 Å². The fraction of sp³-hybridized carbons (Fsp3) is 0.0714. The lowest BCUT2D eigenvalue weighted by Crippen LogP contribution is -2.03. The minimum Gasteiger partial charge on any atom is -0.507 e. The summed E-state index contributed by atoms with van der Waals surface area (Å²) in [6.45, 7) is 0. The SMILES string of the molecule is COc1cccc(C(O)c2ccc3ccccc3c2-c2c(O)ccc3ccccc23)c1. The van der Waals surface area contributed by atoms with Gasteiger partial charge in [0.25, 0.3) is 0 Å². The van der Waals surface area contributed by atoms with Crippen LogP contribution < -0.4 is 4.74 Å². The van der Waals surface area contributed by atoms with Crippen molar-refractivity contribution in [2.75, 3.05) is 7.11 Å². The maximum atomic E-state index is 11.4. The van der Waals surface area contributed by atoms with E-state index < -0.39 is 6.10 Å². The number of fused-ring (bicyclic) bond motifs is 2. The van der Waals surface area contributed by atoms with E-state index in [0.29, 0.717) is 5.75 Å². The van der Waals surface area contributed by atoms with E-state index in [0.717, 1.165) is 43.8 Å². The van der Waals surface area contributed by atoms with Crippen LogP contribution >= 0.6 is 0 Å². The second kappa shape index (κ2) is 7.78. The van der Waals surface area contributed by atoms with E-state index in [-0.39, 0.29) is 5.75 Å². The van der Waals surface area contributed by atoms with Crippen LogP contribution in [0.15, 0.2) is 97.1 Å². The summed E-state index contributed by atoms with van der Waals surface area (Å²) < 4.78 is 5.35. The third kappa shape index (κ3) is 3.29. The molecule has 2 N–H and O–H groups in total. The molecule has 3 nitrogen and oxygen atoms in total. The summed E-state index contributed by atoms with van der Waals surface area (Å²) in [5.74, 6) is 0.876. The van der Waals surface area contributed by atoms with Crippen molar-refractivity contribution < 1.29 is 14.9 Å². The summed E-state index contributed by atoms with van der Waals surface area (Å²) >= 11 is 0. The van der Waals surface area contributed by atoms with Crippen molar-refractivity contribution in [3.63, 3.8) is 0 Å². The maximum absolute atomic E-state index is 11.4. The van der Waals surface area contributed by atoms with Crippen molar-refractivity contribution in [2.45, 2.75) is 6.10 Å². The van der Waals surface area contributed by atoms with Crippen LogP contribution in [0.1, 0.15) is 17.2 Å². The summed E-state index contributed by atoms with van der Waals surface area (Å²) in [6, 6.07) is 31.1. The third-order valence-corrected chi connectivity index (χ3v) is 5.82. The zero-order chi connectivity index (χ0) is 21.4. The van der Waals surface area contributed by atoms with Gasteiger partial charge in [0.05, 0.1) is 7.11 Å². The normalized spacial score (nSPS) is 12.2. The van der Waals surface area contributed by atoms with Crippen molar-refractivity contribution in [2.24, 2.45) is 0 Å². The van der Waals surface area contributed by atoms with Gasteiger partial charge in [-0.1, -0.05) is 78.9 Å². The number of phenols is 1. The highest BCUT2D eigenvalue weighted by molar-refractivity contribution is 6.08. The van der Waals surface area contributed by atoms with E-state index in [1.54, 1.807) is 13.2 Å². The molecule has 0 aromatic heterocycles. The number of aromatic hydroxyl groups is 1. The molecule has 0 bridgehead atoms. The summed E-state index contributed by atoms with van der Waals surface area (Å²) in [5, 5.41) is 26.4. The van der Waals surface area contributed by atoms with E-state index in [1.807, 2.05) is 91.0 Å². The number of hydrogen-bond donors (Lipinski definition) is 2. The predicted octanol–water partition coefficient (Wildman–Crippen LogP) is 6.46. The number of aliphatic hydroxyl groups excluding tert-OH is 1. The first-order valence-electron chi connectivity index (χ1n) is 10.2. The molecule has 152 valence electrons. The Morgan fingerprint density at radius 3 is 2.03 bits per heavy atom.